The molecule has 2 amide bonds. The molecule has 8 heteroatoms. The van der Waals surface area contributed by atoms with Gasteiger partial charge in [-0.2, -0.15) is 11.8 Å². The molecular weight excluding hydrogens is 355 g/mol. The lowest BCUT2D eigenvalue weighted by Gasteiger charge is -2.18. The van der Waals surface area contributed by atoms with Gasteiger partial charge in [-0.05, 0) is 36.1 Å². The summed E-state index contributed by atoms with van der Waals surface area (Å²) < 4.78 is 15.8. The third-order valence-electron chi connectivity index (χ3n) is 3.84. The third kappa shape index (κ3) is 5.59. The van der Waals surface area contributed by atoms with Gasteiger partial charge in [0.15, 0.2) is 0 Å². The third-order valence-corrected chi connectivity index (χ3v) is 4.49. The zero-order chi connectivity index (χ0) is 18.9. The Morgan fingerprint density at radius 1 is 1.38 bits per heavy atom. The van der Waals surface area contributed by atoms with Crippen molar-refractivity contribution in [2.45, 2.75) is 32.4 Å². The van der Waals surface area contributed by atoms with Crippen molar-refractivity contribution in [3.8, 4) is 5.69 Å². The van der Waals surface area contributed by atoms with Gasteiger partial charge in [0.1, 0.15) is 11.9 Å². The Morgan fingerprint density at radius 2 is 2.19 bits per heavy atom. The van der Waals surface area contributed by atoms with Crippen LogP contribution in [-0.2, 0) is 16.1 Å². The average molecular weight is 378 g/mol. The molecule has 1 atom stereocenters. The van der Waals surface area contributed by atoms with E-state index in [0.29, 0.717) is 24.1 Å². The number of benzene rings is 1. The van der Waals surface area contributed by atoms with E-state index in [4.69, 9.17) is 0 Å². The molecule has 0 spiro atoms. The van der Waals surface area contributed by atoms with E-state index < -0.39 is 11.9 Å². The van der Waals surface area contributed by atoms with Crippen molar-refractivity contribution in [3.05, 3.63) is 48.3 Å². The topological polar surface area (TPSA) is 76.0 Å². The molecule has 1 heterocycles. The molecule has 2 rings (SSSR count). The van der Waals surface area contributed by atoms with Crippen molar-refractivity contribution in [1.29, 1.82) is 0 Å². The van der Waals surface area contributed by atoms with Crippen molar-refractivity contribution in [2.24, 2.45) is 0 Å². The maximum absolute atomic E-state index is 14.3. The molecule has 1 aromatic carbocycles. The van der Waals surface area contributed by atoms with Gasteiger partial charge in [0.05, 0.1) is 12.0 Å². The summed E-state index contributed by atoms with van der Waals surface area (Å²) in [7, 11) is 0. The highest BCUT2D eigenvalue weighted by Gasteiger charge is 2.19. The first-order valence-corrected chi connectivity index (χ1v) is 9.77. The maximum Gasteiger partial charge on any atom is 0.242 e. The molecule has 0 bridgehead atoms. The fourth-order valence-electron chi connectivity index (χ4n) is 2.38. The maximum atomic E-state index is 14.3. The van der Waals surface area contributed by atoms with Crippen molar-refractivity contribution < 1.29 is 14.0 Å². The van der Waals surface area contributed by atoms with Gasteiger partial charge >= 0.3 is 0 Å². The summed E-state index contributed by atoms with van der Waals surface area (Å²) in [6.07, 6.45) is 7.57. The number of carbonyl (C=O) groups is 2. The van der Waals surface area contributed by atoms with Crippen LogP contribution in [0.15, 0.2) is 36.9 Å². The highest BCUT2D eigenvalue weighted by molar-refractivity contribution is 7.98. The summed E-state index contributed by atoms with van der Waals surface area (Å²) in [5.41, 5.74) is 1.04. The summed E-state index contributed by atoms with van der Waals surface area (Å²) >= 11 is 1.61. The minimum atomic E-state index is -0.579. The smallest absolute Gasteiger partial charge is 0.242 e. The van der Waals surface area contributed by atoms with E-state index in [1.54, 1.807) is 47.8 Å². The van der Waals surface area contributed by atoms with Crippen molar-refractivity contribution >= 4 is 23.6 Å². The van der Waals surface area contributed by atoms with Crippen LogP contribution in [0.4, 0.5) is 4.39 Å². The predicted molar refractivity (Wildman–Crippen MR) is 101 cm³/mol. The zero-order valence-electron chi connectivity index (χ0n) is 14.9. The van der Waals surface area contributed by atoms with E-state index in [9.17, 15) is 14.0 Å². The van der Waals surface area contributed by atoms with Crippen LogP contribution >= 0.6 is 11.8 Å². The standard InChI is InChI=1S/C18H23FN4O2S/c1-3-17(24)22-15(6-9-26-2)18(25)21-11-13-4-5-16(14(19)10-13)23-8-7-20-12-23/h4-5,7-8,10,12,15H,3,6,9,11H2,1-2H3,(H,21,25)(H,22,24). The summed E-state index contributed by atoms with van der Waals surface area (Å²) in [5, 5.41) is 5.50. The summed E-state index contributed by atoms with van der Waals surface area (Å²) in [5.74, 6) is -0.0639. The first-order chi connectivity index (χ1) is 12.5. The molecule has 2 N–H and O–H groups in total. The zero-order valence-corrected chi connectivity index (χ0v) is 15.7. The summed E-state index contributed by atoms with van der Waals surface area (Å²) in [6, 6.07) is 4.20. The Kier molecular flexibility index (Phi) is 7.65. The van der Waals surface area contributed by atoms with Crippen LogP contribution in [0.3, 0.4) is 0 Å². The molecule has 0 fully saturated rings. The molecule has 0 aliphatic heterocycles. The van der Waals surface area contributed by atoms with E-state index in [1.165, 1.54) is 12.4 Å². The van der Waals surface area contributed by atoms with Gasteiger partial charge in [0.25, 0.3) is 0 Å². The van der Waals surface area contributed by atoms with Crippen LogP contribution in [0, 0.1) is 5.82 Å². The Bertz CT molecular complexity index is 737. The van der Waals surface area contributed by atoms with E-state index in [2.05, 4.69) is 15.6 Å². The van der Waals surface area contributed by atoms with Gasteiger partial charge in [-0.25, -0.2) is 9.37 Å². The number of amides is 2. The number of nitrogens with one attached hydrogen (secondary N) is 2. The van der Waals surface area contributed by atoms with Crippen LogP contribution in [0.25, 0.3) is 5.69 Å². The van der Waals surface area contributed by atoms with E-state index >= 15 is 0 Å². The van der Waals surface area contributed by atoms with Gasteiger partial charge in [-0.15, -0.1) is 0 Å². The Hall–Kier alpha value is -2.35. The van der Waals surface area contributed by atoms with E-state index in [0.717, 1.165) is 5.75 Å². The van der Waals surface area contributed by atoms with Gasteiger partial charge in [0, 0.05) is 25.4 Å². The fraction of sp³-hybridized carbons (Fsp3) is 0.389. The molecule has 0 saturated heterocycles. The largest absolute Gasteiger partial charge is 0.350 e. The predicted octanol–water partition coefficient (Wildman–Crippen LogP) is 2.28. The monoisotopic (exact) mass is 378 g/mol. The molecule has 1 unspecified atom stereocenters. The minimum Gasteiger partial charge on any atom is -0.350 e. The van der Waals surface area contributed by atoms with E-state index in [1.807, 2.05) is 6.26 Å². The molecule has 140 valence electrons. The molecular formula is C18H23FN4O2S. The molecule has 26 heavy (non-hydrogen) atoms. The highest BCUT2D eigenvalue weighted by Crippen LogP contribution is 2.15. The van der Waals surface area contributed by atoms with Crippen LogP contribution < -0.4 is 10.6 Å². The summed E-state index contributed by atoms with van der Waals surface area (Å²) in [6.45, 7) is 1.93. The van der Waals surface area contributed by atoms with Gasteiger partial charge < -0.3 is 15.2 Å². The number of hydrogen-bond acceptors (Lipinski definition) is 4. The second kappa shape index (κ2) is 9.96. The van der Waals surface area contributed by atoms with Crippen LogP contribution in [0.2, 0.25) is 0 Å². The number of imidazole rings is 1. The number of aromatic nitrogens is 2. The van der Waals surface area contributed by atoms with Gasteiger partial charge in [-0.3, -0.25) is 9.59 Å². The SMILES string of the molecule is CCC(=O)NC(CCSC)C(=O)NCc1ccc(-n2ccnc2)c(F)c1. The molecule has 1 aromatic heterocycles. The second-order valence-electron chi connectivity index (χ2n) is 5.73. The fourth-order valence-corrected chi connectivity index (χ4v) is 2.86. The number of thioether (sulfide) groups is 1. The van der Waals surface area contributed by atoms with Crippen LogP contribution in [0.1, 0.15) is 25.3 Å². The second-order valence-corrected chi connectivity index (χ2v) is 6.71. The molecule has 0 aliphatic carbocycles. The Balaban J connectivity index is 1.98. The molecule has 0 saturated carbocycles. The number of halogens is 1. The minimum absolute atomic E-state index is 0.165. The molecule has 2 aromatic rings. The molecule has 6 nitrogen and oxygen atoms in total. The number of carbonyl (C=O) groups excluding carboxylic acids is 2. The molecule has 0 aliphatic rings. The van der Waals surface area contributed by atoms with Gasteiger partial charge in [0.2, 0.25) is 11.8 Å². The van der Waals surface area contributed by atoms with Crippen LogP contribution in [-0.4, -0.2) is 39.4 Å². The first-order valence-electron chi connectivity index (χ1n) is 8.38. The lowest BCUT2D eigenvalue weighted by molar-refractivity contribution is -0.129. The lowest BCUT2D eigenvalue weighted by Crippen LogP contribution is -2.46. The summed E-state index contributed by atoms with van der Waals surface area (Å²) in [4.78, 5) is 27.9. The number of nitrogens with zero attached hydrogens (tertiary/aromatic N) is 2. The molecule has 0 radical (unpaired) electrons. The van der Waals surface area contributed by atoms with E-state index in [-0.39, 0.29) is 18.4 Å². The van der Waals surface area contributed by atoms with Gasteiger partial charge in [-0.1, -0.05) is 13.0 Å². The average Bonchev–Trinajstić information content (AvgIpc) is 3.17. The van der Waals surface area contributed by atoms with Crippen LogP contribution in [0.5, 0.6) is 0 Å². The quantitative estimate of drug-likeness (QED) is 0.702. The van der Waals surface area contributed by atoms with Crippen molar-refractivity contribution in [3.63, 3.8) is 0 Å². The normalized spacial score (nSPS) is 11.8. The van der Waals surface area contributed by atoms with Crippen molar-refractivity contribution in [2.75, 3.05) is 12.0 Å². The Morgan fingerprint density at radius 3 is 2.81 bits per heavy atom. The Labute approximate surface area is 156 Å². The van der Waals surface area contributed by atoms with Crippen molar-refractivity contribution in [1.82, 2.24) is 20.2 Å². The lowest BCUT2D eigenvalue weighted by atomic mass is 10.1. The number of rotatable bonds is 9. The highest BCUT2D eigenvalue weighted by atomic mass is 32.2. The number of hydrogen-bond donors (Lipinski definition) is 2. The first kappa shape index (κ1) is 20.0.